The first kappa shape index (κ1) is 34.3. The van der Waals surface area contributed by atoms with Gasteiger partial charge in [-0.05, 0) is 120 Å². The summed E-state index contributed by atoms with van der Waals surface area (Å²) in [6.45, 7) is 14.0. The van der Waals surface area contributed by atoms with Crippen molar-refractivity contribution in [2.75, 3.05) is 0 Å². The largest absolute Gasteiger partial charge is 0.0616 e. The third-order valence-corrected chi connectivity index (χ3v) is 12.0. The van der Waals surface area contributed by atoms with Crippen molar-refractivity contribution in [2.24, 2.45) is 0 Å². The summed E-state index contributed by atoms with van der Waals surface area (Å²) < 4.78 is 0. The second kappa shape index (κ2) is 12.7. The molecule has 0 aliphatic heterocycles. The summed E-state index contributed by atoms with van der Waals surface area (Å²) in [6, 6.07) is 63.7. The van der Waals surface area contributed by atoms with Gasteiger partial charge in [-0.15, -0.1) is 0 Å². The predicted octanol–water partition coefficient (Wildman–Crippen LogP) is 16.2. The van der Waals surface area contributed by atoms with Gasteiger partial charge in [-0.25, -0.2) is 0 Å². The maximum Gasteiger partial charge on any atom is -0.00204 e. The Morgan fingerprint density at radius 1 is 0.214 bits per heavy atom. The van der Waals surface area contributed by atoms with Gasteiger partial charge >= 0.3 is 0 Å². The zero-order valence-corrected chi connectivity index (χ0v) is 33.2. The van der Waals surface area contributed by atoms with E-state index in [1.807, 2.05) is 0 Å². The van der Waals surface area contributed by atoms with E-state index < -0.39 is 0 Å². The van der Waals surface area contributed by atoms with Crippen LogP contribution >= 0.6 is 0 Å². The van der Waals surface area contributed by atoms with Crippen LogP contribution in [0.15, 0.2) is 170 Å². The molecule has 0 saturated heterocycles. The SMILES string of the molecule is CC(C)(C)c1c2ccccc2c(-c2ccc(-c3ccc(-c4c5ccccc5c(C(C)(C)C)c5ccccc45)c4ccccc34)c3ccccc23)c2ccccc12. The number of fused-ring (bicyclic) bond motifs is 6. The fourth-order valence-electron chi connectivity index (χ4n) is 9.96. The summed E-state index contributed by atoms with van der Waals surface area (Å²) in [7, 11) is 0. The highest BCUT2D eigenvalue weighted by Gasteiger charge is 2.26. The maximum absolute atomic E-state index is 2.39. The van der Waals surface area contributed by atoms with E-state index in [1.165, 1.54) is 109 Å². The number of rotatable bonds is 3. The van der Waals surface area contributed by atoms with Gasteiger partial charge < -0.3 is 0 Å². The van der Waals surface area contributed by atoms with Gasteiger partial charge in [0.15, 0.2) is 0 Å². The molecule has 0 nitrogen and oxygen atoms in total. The molecule has 0 heteroatoms. The Morgan fingerprint density at radius 3 is 0.661 bits per heavy atom. The lowest BCUT2D eigenvalue weighted by Crippen LogP contribution is -2.13. The molecule has 0 amide bonds. The van der Waals surface area contributed by atoms with Gasteiger partial charge in [0.2, 0.25) is 0 Å². The normalized spacial score (nSPS) is 12.5. The van der Waals surface area contributed by atoms with Crippen molar-refractivity contribution in [2.45, 2.75) is 52.4 Å². The van der Waals surface area contributed by atoms with Crippen molar-refractivity contribution < 1.29 is 0 Å². The number of hydrogen-bond acceptors (Lipinski definition) is 0. The van der Waals surface area contributed by atoms with Crippen LogP contribution < -0.4 is 0 Å². The average Bonchev–Trinajstić information content (AvgIpc) is 3.20. The summed E-state index contributed by atoms with van der Waals surface area (Å²) >= 11 is 0. The van der Waals surface area contributed by atoms with E-state index in [2.05, 4.69) is 211 Å². The van der Waals surface area contributed by atoms with Crippen LogP contribution in [0.25, 0.3) is 98.0 Å². The molecular formula is C56H46. The van der Waals surface area contributed by atoms with Crippen molar-refractivity contribution in [3.63, 3.8) is 0 Å². The minimum Gasteiger partial charge on any atom is -0.0616 e. The second-order valence-electron chi connectivity index (χ2n) is 17.6. The lowest BCUT2D eigenvalue weighted by atomic mass is 9.77. The fourth-order valence-corrected chi connectivity index (χ4v) is 9.96. The standard InChI is InChI=1S/C56H46/c1-55(2,3)53-47-27-15-11-23-41(47)51(42-24-12-16-28-48(42)53)45-33-31-39(35-19-7-9-21-37(35)45)40-32-34-46(38-22-10-8-20-36(38)40)52-43-25-13-17-29-49(43)54(56(4,5)6)50-30-18-14-26-44(50)52/h7-34H,1-6H3. The minimum atomic E-state index is -0.00984. The van der Waals surface area contributed by atoms with Crippen molar-refractivity contribution in [3.05, 3.63) is 181 Å². The Balaban J connectivity index is 1.25. The van der Waals surface area contributed by atoms with Crippen molar-refractivity contribution >= 4 is 64.6 Å². The molecule has 10 aromatic rings. The van der Waals surface area contributed by atoms with Crippen LogP contribution in [0.4, 0.5) is 0 Å². The summed E-state index contributed by atoms with van der Waals surface area (Å²) in [4.78, 5) is 0. The first-order valence-corrected chi connectivity index (χ1v) is 20.0. The highest BCUT2D eigenvalue weighted by molar-refractivity contribution is 6.23. The molecule has 10 rings (SSSR count). The summed E-state index contributed by atoms with van der Waals surface area (Å²) in [6.07, 6.45) is 0. The first-order chi connectivity index (χ1) is 27.1. The molecule has 0 saturated carbocycles. The molecule has 10 aromatic carbocycles. The number of benzene rings is 10. The molecule has 0 spiro atoms. The van der Waals surface area contributed by atoms with Gasteiger partial charge in [0, 0.05) is 0 Å². The van der Waals surface area contributed by atoms with Gasteiger partial charge in [0.05, 0.1) is 0 Å². The van der Waals surface area contributed by atoms with Crippen LogP contribution in [-0.2, 0) is 10.8 Å². The van der Waals surface area contributed by atoms with Gasteiger partial charge in [-0.1, -0.05) is 211 Å². The Morgan fingerprint density at radius 2 is 0.411 bits per heavy atom. The summed E-state index contributed by atoms with van der Waals surface area (Å²) in [5.41, 5.74) is 10.5. The highest BCUT2D eigenvalue weighted by Crippen LogP contribution is 2.49. The number of hydrogen-bond donors (Lipinski definition) is 0. The van der Waals surface area contributed by atoms with Crippen molar-refractivity contribution in [1.82, 2.24) is 0 Å². The van der Waals surface area contributed by atoms with E-state index in [-0.39, 0.29) is 10.8 Å². The molecule has 0 heterocycles. The smallest absolute Gasteiger partial charge is 0.00204 e. The molecule has 0 bridgehead atoms. The topological polar surface area (TPSA) is 0 Å². The van der Waals surface area contributed by atoms with E-state index in [0.717, 1.165) is 0 Å². The second-order valence-corrected chi connectivity index (χ2v) is 17.6. The molecule has 0 unspecified atom stereocenters. The summed E-state index contributed by atoms with van der Waals surface area (Å²) in [5.74, 6) is 0. The highest BCUT2D eigenvalue weighted by atomic mass is 14.3. The Hall–Kier alpha value is -6.24. The zero-order valence-electron chi connectivity index (χ0n) is 33.2. The summed E-state index contributed by atoms with van der Waals surface area (Å²) in [5, 5.41) is 15.6. The van der Waals surface area contributed by atoms with Gasteiger partial charge in [0.25, 0.3) is 0 Å². The van der Waals surface area contributed by atoms with E-state index in [4.69, 9.17) is 0 Å². The quantitative estimate of drug-likeness (QED) is 0.160. The molecule has 0 N–H and O–H groups in total. The van der Waals surface area contributed by atoms with Crippen LogP contribution in [0.1, 0.15) is 52.7 Å². The molecule has 270 valence electrons. The monoisotopic (exact) mass is 718 g/mol. The molecule has 0 fully saturated rings. The van der Waals surface area contributed by atoms with Crippen LogP contribution in [0.5, 0.6) is 0 Å². The Kier molecular flexibility index (Phi) is 7.74. The van der Waals surface area contributed by atoms with E-state index in [0.29, 0.717) is 0 Å². The maximum atomic E-state index is 2.39. The van der Waals surface area contributed by atoms with Crippen molar-refractivity contribution in [3.8, 4) is 33.4 Å². The van der Waals surface area contributed by atoms with Gasteiger partial charge in [-0.2, -0.15) is 0 Å². The Labute approximate surface area is 330 Å². The fraction of sp³-hybridized carbons (Fsp3) is 0.143. The van der Waals surface area contributed by atoms with Crippen LogP contribution in [0.2, 0.25) is 0 Å². The van der Waals surface area contributed by atoms with Crippen molar-refractivity contribution in [1.29, 1.82) is 0 Å². The van der Waals surface area contributed by atoms with Crippen LogP contribution in [-0.4, -0.2) is 0 Å². The molecule has 0 atom stereocenters. The molecular weight excluding hydrogens is 673 g/mol. The Bertz CT molecular complexity index is 2870. The minimum absolute atomic E-state index is 0.00984. The third-order valence-electron chi connectivity index (χ3n) is 12.0. The molecule has 0 aromatic heterocycles. The first-order valence-electron chi connectivity index (χ1n) is 20.0. The van der Waals surface area contributed by atoms with E-state index in [1.54, 1.807) is 0 Å². The average molecular weight is 719 g/mol. The van der Waals surface area contributed by atoms with E-state index >= 15 is 0 Å². The zero-order chi connectivity index (χ0) is 38.3. The van der Waals surface area contributed by atoms with Gasteiger partial charge in [0.1, 0.15) is 0 Å². The molecule has 0 radical (unpaired) electrons. The van der Waals surface area contributed by atoms with Crippen LogP contribution in [0.3, 0.4) is 0 Å². The van der Waals surface area contributed by atoms with E-state index in [9.17, 15) is 0 Å². The molecule has 0 aliphatic rings. The molecule has 56 heavy (non-hydrogen) atoms. The lowest BCUT2D eigenvalue weighted by Gasteiger charge is -2.27. The van der Waals surface area contributed by atoms with Gasteiger partial charge in [-0.3, -0.25) is 0 Å². The molecule has 0 aliphatic carbocycles. The van der Waals surface area contributed by atoms with Crippen LogP contribution in [0, 0.1) is 0 Å². The predicted molar refractivity (Wildman–Crippen MR) is 245 cm³/mol. The third kappa shape index (κ3) is 5.20. The lowest BCUT2D eigenvalue weighted by molar-refractivity contribution is 0.601.